The van der Waals surface area contributed by atoms with Crippen molar-refractivity contribution in [1.29, 1.82) is 0 Å². The number of carbonyl (C=O) groups excluding carboxylic acids is 1. The standard InChI is InChI=1S/C27H27F6N5O3/c1-36-8-10-38(11-9-36)24-34-15-22(23(35-24)20-6-4-5-7-21(20)40-3)41-25(39)37(2)16-17-12-18(26(28,29)30)14-19(13-17)27(31,32)33/h4-7,12-15H,8-11,16H2,1-3H3. The van der Waals surface area contributed by atoms with E-state index in [1.165, 1.54) is 20.4 Å². The summed E-state index contributed by atoms with van der Waals surface area (Å²) in [5.74, 6) is 0.768. The van der Waals surface area contributed by atoms with E-state index in [-0.39, 0.29) is 23.1 Å². The van der Waals surface area contributed by atoms with Gasteiger partial charge in [0.1, 0.15) is 11.4 Å². The topological polar surface area (TPSA) is 71.0 Å². The normalized spacial score (nSPS) is 14.6. The lowest BCUT2D eigenvalue weighted by atomic mass is 10.0. The van der Waals surface area contributed by atoms with Gasteiger partial charge in [0.15, 0.2) is 5.75 Å². The molecule has 4 rings (SSSR count). The molecule has 0 unspecified atom stereocenters. The first-order valence-electron chi connectivity index (χ1n) is 12.4. The zero-order valence-electron chi connectivity index (χ0n) is 22.4. The largest absolute Gasteiger partial charge is 0.496 e. The third-order valence-corrected chi connectivity index (χ3v) is 6.47. The van der Waals surface area contributed by atoms with Gasteiger partial charge in [0.05, 0.1) is 24.4 Å². The number of anilines is 1. The maximum Gasteiger partial charge on any atom is 0.416 e. The van der Waals surface area contributed by atoms with Crippen molar-refractivity contribution in [3.05, 3.63) is 65.4 Å². The summed E-state index contributed by atoms with van der Waals surface area (Å²) >= 11 is 0. The van der Waals surface area contributed by atoms with Crippen molar-refractivity contribution < 1.29 is 40.6 Å². The molecule has 1 amide bonds. The molecular formula is C27H27F6N5O3. The molecule has 3 aromatic rings. The molecule has 2 heterocycles. The summed E-state index contributed by atoms with van der Waals surface area (Å²) in [5.41, 5.74) is -2.61. The monoisotopic (exact) mass is 583 g/mol. The van der Waals surface area contributed by atoms with Crippen molar-refractivity contribution in [3.8, 4) is 22.8 Å². The summed E-state index contributed by atoms with van der Waals surface area (Å²) < 4.78 is 90.6. The van der Waals surface area contributed by atoms with Crippen molar-refractivity contribution in [2.75, 3.05) is 52.3 Å². The van der Waals surface area contributed by atoms with Gasteiger partial charge in [-0.25, -0.2) is 14.8 Å². The molecule has 1 aliphatic heterocycles. The minimum Gasteiger partial charge on any atom is -0.496 e. The number of amides is 1. The first-order chi connectivity index (χ1) is 19.3. The number of para-hydroxylation sites is 1. The van der Waals surface area contributed by atoms with Gasteiger partial charge in [0.25, 0.3) is 0 Å². The van der Waals surface area contributed by atoms with Crippen LogP contribution in [0.3, 0.4) is 0 Å². The van der Waals surface area contributed by atoms with E-state index in [0.29, 0.717) is 42.5 Å². The predicted octanol–water partition coefficient (Wildman–Crippen LogP) is 5.57. The Morgan fingerprint density at radius 2 is 1.56 bits per heavy atom. The molecule has 1 aliphatic rings. The van der Waals surface area contributed by atoms with Crippen LogP contribution >= 0.6 is 0 Å². The van der Waals surface area contributed by atoms with Gasteiger partial charge >= 0.3 is 18.4 Å². The molecule has 0 atom stereocenters. The fourth-order valence-corrected chi connectivity index (χ4v) is 4.25. The van der Waals surface area contributed by atoms with Crippen molar-refractivity contribution in [2.45, 2.75) is 18.9 Å². The molecule has 220 valence electrons. The van der Waals surface area contributed by atoms with E-state index in [2.05, 4.69) is 14.9 Å². The van der Waals surface area contributed by atoms with Crippen LogP contribution in [0.1, 0.15) is 16.7 Å². The minimum absolute atomic E-state index is 0.0284. The van der Waals surface area contributed by atoms with E-state index in [9.17, 15) is 31.1 Å². The number of nitrogens with zero attached hydrogens (tertiary/aromatic N) is 5. The number of hydrogen-bond donors (Lipinski definition) is 0. The second kappa shape index (κ2) is 11.8. The number of benzene rings is 2. The maximum absolute atomic E-state index is 13.3. The van der Waals surface area contributed by atoms with Gasteiger partial charge in [-0.1, -0.05) is 12.1 Å². The molecule has 0 saturated carbocycles. The Kier molecular flexibility index (Phi) is 8.61. The average molecular weight is 584 g/mol. The molecule has 14 heteroatoms. The zero-order valence-corrected chi connectivity index (χ0v) is 22.4. The van der Waals surface area contributed by atoms with Gasteiger partial charge in [-0.3, -0.25) is 0 Å². The quantitative estimate of drug-likeness (QED) is 0.352. The fraction of sp³-hybridized carbons (Fsp3) is 0.370. The number of rotatable bonds is 6. The Balaban J connectivity index is 1.63. The molecule has 0 aliphatic carbocycles. The number of carbonyl (C=O) groups is 1. The van der Waals surface area contributed by atoms with Crippen LogP contribution in [0.15, 0.2) is 48.7 Å². The van der Waals surface area contributed by atoms with Crippen LogP contribution in [0, 0.1) is 0 Å². The number of alkyl halides is 6. The SMILES string of the molecule is COc1ccccc1-c1nc(N2CCN(C)CC2)ncc1OC(=O)N(C)Cc1cc(C(F)(F)F)cc(C(F)(F)F)c1. The highest BCUT2D eigenvalue weighted by atomic mass is 19.4. The Morgan fingerprint density at radius 1 is 0.951 bits per heavy atom. The molecule has 1 fully saturated rings. The molecule has 0 bridgehead atoms. The van der Waals surface area contributed by atoms with Crippen molar-refractivity contribution in [2.24, 2.45) is 0 Å². The highest BCUT2D eigenvalue weighted by molar-refractivity contribution is 5.78. The van der Waals surface area contributed by atoms with Crippen LogP contribution in [-0.4, -0.2) is 73.2 Å². The Morgan fingerprint density at radius 3 is 2.15 bits per heavy atom. The van der Waals surface area contributed by atoms with E-state index < -0.39 is 36.1 Å². The van der Waals surface area contributed by atoms with Gasteiger partial charge in [-0.05, 0) is 42.9 Å². The summed E-state index contributed by atoms with van der Waals surface area (Å²) in [4.78, 5) is 27.0. The van der Waals surface area contributed by atoms with E-state index in [4.69, 9.17) is 9.47 Å². The van der Waals surface area contributed by atoms with Gasteiger partial charge in [0, 0.05) is 45.3 Å². The number of methoxy groups -OCH3 is 1. The molecular weight excluding hydrogens is 556 g/mol. The lowest BCUT2D eigenvalue weighted by Gasteiger charge is -2.32. The Bertz CT molecular complexity index is 1360. The summed E-state index contributed by atoms with van der Waals surface area (Å²) in [7, 11) is 4.66. The number of likely N-dealkylation sites (N-methyl/N-ethyl adjacent to an activating group) is 1. The Hall–Kier alpha value is -4.07. The van der Waals surface area contributed by atoms with E-state index >= 15 is 0 Å². The van der Waals surface area contributed by atoms with Crippen LogP contribution in [0.25, 0.3) is 11.3 Å². The van der Waals surface area contributed by atoms with Crippen LogP contribution in [0.2, 0.25) is 0 Å². The number of hydrogen-bond acceptors (Lipinski definition) is 7. The van der Waals surface area contributed by atoms with E-state index in [0.717, 1.165) is 18.0 Å². The summed E-state index contributed by atoms with van der Waals surface area (Å²) in [6.07, 6.45) is -9.76. The van der Waals surface area contributed by atoms with Gasteiger partial charge < -0.3 is 24.2 Å². The molecule has 0 spiro atoms. The third kappa shape index (κ3) is 7.17. The van der Waals surface area contributed by atoms with Gasteiger partial charge in [-0.15, -0.1) is 0 Å². The highest BCUT2D eigenvalue weighted by Gasteiger charge is 2.37. The first kappa shape index (κ1) is 29.9. The van der Waals surface area contributed by atoms with Crippen molar-refractivity contribution in [3.63, 3.8) is 0 Å². The number of piperazine rings is 1. The molecule has 8 nitrogen and oxygen atoms in total. The number of halogens is 6. The summed E-state index contributed by atoms with van der Waals surface area (Å²) in [6.45, 7) is 2.33. The average Bonchev–Trinajstić information content (AvgIpc) is 2.92. The van der Waals surface area contributed by atoms with Crippen LogP contribution in [-0.2, 0) is 18.9 Å². The van der Waals surface area contributed by atoms with Crippen LogP contribution in [0.5, 0.6) is 11.5 Å². The fourth-order valence-electron chi connectivity index (χ4n) is 4.25. The van der Waals surface area contributed by atoms with Crippen molar-refractivity contribution >= 4 is 12.0 Å². The molecule has 0 radical (unpaired) electrons. The molecule has 1 aromatic heterocycles. The predicted molar refractivity (Wildman–Crippen MR) is 138 cm³/mol. The van der Waals surface area contributed by atoms with Crippen LogP contribution in [0.4, 0.5) is 37.1 Å². The number of aromatic nitrogens is 2. The minimum atomic E-state index is -5.01. The number of ether oxygens (including phenoxy) is 2. The third-order valence-electron chi connectivity index (χ3n) is 6.47. The summed E-state index contributed by atoms with van der Waals surface area (Å²) in [6, 6.07) is 8.03. The second-order valence-corrected chi connectivity index (χ2v) is 9.51. The lowest BCUT2D eigenvalue weighted by molar-refractivity contribution is -0.143. The van der Waals surface area contributed by atoms with Gasteiger partial charge in [-0.2, -0.15) is 26.3 Å². The molecule has 0 N–H and O–H groups in total. The first-order valence-corrected chi connectivity index (χ1v) is 12.4. The Labute approximate surface area is 232 Å². The second-order valence-electron chi connectivity index (χ2n) is 9.51. The smallest absolute Gasteiger partial charge is 0.416 e. The lowest BCUT2D eigenvalue weighted by Crippen LogP contribution is -2.45. The summed E-state index contributed by atoms with van der Waals surface area (Å²) in [5, 5.41) is 0. The van der Waals surface area contributed by atoms with Crippen molar-refractivity contribution in [1.82, 2.24) is 19.8 Å². The van der Waals surface area contributed by atoms with E-state index in [1.807, 2.05) is 11.9 Å². The zero-order chi connectivity index (χ0) is 29.9. The van der Waals surface area contributed by atoms with Gasteiger partial charge in [0.2, 0.25) is 5.95 Å². The maximum atomic E-state index is 13.3. The van der Waals surface area contributed by atoms with Crippen LogP contribution < -0.4 is 14.4 Å². The molecule has 2 aromatic carbocycles. The van der Waals surface area contributed by atoms with E-state index in [1.54, 1.807) is 24.3 Å². The highest BCUT2D eigenvalue weighted by Crippen LogP contribution is 2.38. The molecule has 1 saturated heterocycles. The molecule has 41 heavy (non-hydrogen) atoms.